The van der Waals surface area contributed by atoms with Gasteiger partial charge in [0.1, 0.15) is 51.5 Å². The van der Waals surface area contributed by atoms with Crippen LogP contribution in [0.1, 0.15) is 141 Å². The molecule has 6 aliphatic rings. The predicted octanol–water partition coefficient (Wildman–Crippen LogP) is 11.0. The SMILES string of the molecule is CC(=O)OC[C@]1(C)C2C[C@H](O)[C@@]3(C)Oc4cc(-c5cccnc5)oc(=O)c4[C@H](O)C3[C@@]2(C)CC[C@@H]1C.CC(=O)OC[C@]1(C)C2C[C@H](OC(=O)c3cccc(Br)c3)[C@@]3(C)Oc4cc(-c5cccnc5)oc(=O)c4[C@H](O)C3[C@@]2(C)CC[C@@H]1C.I. The van der Waals surface area contributed by atoms with E-state index in [1.54, 1.807) is 79.4 Å². The van der Waals surface area contributed by atoms with Crippen LogP contribution < -0.4 is 20.7 Å². The maximum atomic E-state index is 13.7. The Labute approximate surface area is 502 Å². The summed E-state index contributed by atoms with van der Waals surface area (Å²) < 4.78 is 42.9. The molecular formula is C63H74BrIN2O15. The number of carbonyl (C=O) groups excluding carboxylic acids is 3. The maximum Gasteiger partial charge on any atom is 0.345 e. The number of aliphatic hydroxyl groups excluding tert-OH is 3. The number of hydrogen-bond donors (Lipinski definition) is 3. The second-order valence-electron chi connectivity index (χ2n) is 25.2. The van der Waals surface area contributed by atoms with Crippen LogP contribution in [0.3, 0.4) is 0 Å². The highest BCUT2D eigenvalue weighted by Crippen LogP contribution is 2.70. The van der Waals surface area contributed by atoms with Crippen molar-refractivity contribution in [2.24, 2.45) is 57.2 Å². The standard InChI is InChI=1S/C35H38BrNO8.C28H35NO7.HI/c1-19-11-12-33(3)26(34(19,4)18-42-20(2)38)16-27(44-31(40)21-8-6-10-23(36)14-21)35(5)30(33)29(39)28-25(45-35)15-24(43-32(28)41)22-9-7-13-37-17-22;1-15-8-9-26(3)20(27(15,4)14-34-16(2)30)12-21(31)28(5)24(26)23(32)22-19(36-28)11-18(35-25(22)33)17-7-6-10-29-13-17;/h6-10,13-15,17,19,26-27,29-30,39H,11-12,16,18H2,1-5H3;6-7,10-11,13,15,20-21,23-24,31-32H,8-9,12,14H2,1-5H3;1H/t19-,26?,27-,29-,30?,33-,34-,35+;15-,20?,21-,23-,24?,26-,27-,28+;/m00./s1. The van der Waals surface area contributed by atoms with Crippen LogP contribution in [0, 0.1) is 57.2 Å². The second kappa shape index (κ2) is 22.5. The smallest absolute Gasteiger partial charge is 0.345 e. The summed E-state index contributed by atoms with van der Waals surface area (Å²) in [5.74, 6) is -1.32. The highest BCUT2D eigenvalue weighted by Gasteiger charge is 2.71. The van der Waals surface area contributed by atoms with E-state index in [0.717, 1.165) is 30.2 Å². The molecule has 82 heavy (non-hydrogen) atoms. The topological polar surface area (TPSA) is 244 Å². The summed E-state index contributed by atoms with van der Waals surface area (Å²) >= 11 is 3.43. The predicted molar refractivity (Wildman–Crippen MR) is 315 cm³/mol. The van der Waals surface area contributed by atoms with Gasteiger partial charge in [0.05, 0.1) is 37.1 Å². The molecule has 5 aromatic rings. The molecule has 4 saturated carbocycles. The molecule has 11 rings (SSSR count). The number of ether oxygens (including phenoxy) is 5. The number of fused-ring (bicyclic) bond motifs is 8. The number of carbonyl (C=O) groups is 3. The Kier molecular flexibility index (Phi) is 16.8. The zero-order chi connectivity index (χ0) is 58.4. The average Bonchev–Trinajstić information content (AvgIpc) is 0.881. The van der Waals surface area contributed by atoms with E-state index in [1.807, 2.05) is 19.9 Å². The number of benzene rings is 1. The van der Waals surface area contributed by atoms with Crippen LogP contribution in [0.5, 0.6) is 11.5 Å². The summed E-state index contributed by atoms with van der Waals surface area (Å²) in [6.45, 7) is 19.7. The number of aliphatic hydroxyl groups is 3. The van der Waals surface area contributed by atoms with Crippen LogP contribution in [0.4, 0.5) is 0 Å². The fraction of sp³-hybridized carbons (Fsp3) is 0.540. The first-order valence-electron chi connectivity index (χ1n) is 28.0. The molecule has 17 nitrogen and oxygen atoms in total. The van der Waals surface area contributed by atoms with Gasteiger partial charge in [0, 0.05) is 89.0 Å². The number of halogens is 2. The Bertz CT molecular complexity index is 3360. The Morgan fingerprint density at radius 3 is 1.57 bits per heavy atom. The summed E-state index contributed by atoms with van der Waals surface area (Å²) in [5.41, 5.74) is -3.98. The third-order valence-electron chi connectivity index (χ3n) is 20.7. The van der Waals surface area contributed by atoms with Gasteiger partial charge in [-0.2, -0.15) is 0 Å². The Morgan fingerprint density at radius 1 is 0.659 bits per heavy atom. The monoisotopic (exact) mass is 1300 g/mol. The van der Waals surface area contributed by atoms with Crippen LogP contribution in [0.25, 0.3) is 22.6 Å². The summed E-state index contributed by atoms with van der Waals surface area (Å²) in [5, 5.41) is 35.6. The maximum absolute atomic E-state index is 13.7. The van der Waals surface area contributed by atoms with Crippen LogP contribution >= 0.6 is 39.9 Å². The molecule has 440 valence electrons. The largest absolute Gasteiger partial charge is 0.484 e. The molecule has 0 spiro atoms. The number of aromatic nitrogens is 2. The molecule has 1 aromatic carbocycles. The van der Waals surface area contributed by atoms with E-state index in [-0.39, 0.29) is 107 Å². The van der Waals surface area contributed by atoms with Gasteiger partial charge in [0.15, 0.2) is 0 Å². The van der Waals surface area contributed by atoms with Crippen LogP contribution in [-0.2, 0) is 23.8 Å². The molecule has 2 aliphatic heterocycles. The lowest BCUT2D eigenvalue weighted by Gasteiger charge is -2.66. The van der Waals surface area contributed by atoms with E-state index in [9.17, 15) is 39.3 Å². The van der Waals surface area contributed by atoms with Crippen LogP contribution in [0.2, 0.25) is 0 Å². The molecule has 19 heteroatoms. The van der Waals surface area contributed by atoms with Gasteiger partial charge in [-0.05, 0) is 129 Å². The lowest BCUT2D eigenvalue weighted by Crippen LogP contribution is -2.70. The summed E-state index contributed by atoms with van der Waals surface area (Å²) in [6, 6.07) is 17.2. The van der Waals surface area contributed by atoms with Crippen molar-refractivity contribution in [1.82, 2.24) is 9.97 Å². The van der Waals surface area contributed by atoms with E-state index >= 15 is 0 Å². The molecule has 3 N–H and O–H groups in total. The first-order valence-corrected chi connectivity index (χ1v) is 28.8. The van der Waals surface area contributed by atoms with Crippen LogP contribution in [0.15, 0.2) is 108 Å². The third kappa shape index (κ3) is 10.2. The molecule has 0 bridgehead atoms. The van der Waals surface area contributed by atoms with Gasteiger partial charge >= 0.3 is 29.2 Å². The fourth-order valence-corrected chi connectivity index (χ4v) is 16.5. The molecule has 4 aromatic heterocycles. The minimum absolute atomic E-state index is 0. The van der Waals surface area contributed by atoms with Gasteiger partial charge in [-0.25, -0.2) is 14.4 Å². The molecule has 0 radical (unpaired) electrons. The summed E-state index contributed by atoms with van der Waals surface area (Å²) in [6.07, 6.45) is 6.27. The van der Waals surface area contributed by atoms with Gasteiger partial charge < -0.3 is 47.8 Å². The zero-order valence-corrected chi connectivity index (χ0v) is 51.9. The summed E-state index contributed by atoms with van der Waals surface area (Å²) in [4.78, 5) is 72.4. The van der Waals surface area contributed by atoms with Gasteiger partial charge in [0.2, 0.25) is 0 Å². The fourth-order valence-electron chi connectivity index (χ4n) is 16.1. The third-order valence-corrected chi connectivity index (χ3v) is 21.2. The van der Waals surface area contributed by atoms with E-state index in [1.165, 1.54) is 13.8 Å². The number of esters is 3. The van der Waals surface area contributed by atoms with Gasteiger partial charge in [-0.3, -0.25) is 19.6 Å². The van der Waals surface area contributed by atoms with Crippen molar-refractivity contribution < 1.29 is 62.2 Å². The van der Waals surface area contributed by atoms with Crippen molar-refractivity contribution in [1.29, 1.82) is 0 Å². The van der Waals surface area contributed by atoms with E-state index in [4.69, 9.17) is 32.5 Å². The van der Waals surface area contributed by atoms with Crippen molar-refractivity contribution in [3.8, 4) is 34.1 Å². The molecule has 0 saturated heterocycles. The van der Waals surface area contributed by atoms with Gasteiger partial charge in [-0.15, -0.1) is 24.0 Å². The molecule has 4 aliphatic carbocycles. The first kappa shape index (κ1) is 61.1. The normalized spacial score (nSPS) is 35.6. The van der Waals surface area contributed by atoms with Gasteiger partial charge in [0.25, 0.3) is 0 Å². The molecule has 4 fully saturated rings. The second-order valence-corrected chi connectivity index (χ2v) is 26.1. The Hall–Kier alpha value is -5.48. The number of nitrogens with zero attached hydrogens (tertiary/aromatic N) is 2. The van der Waals surface area contributed by atoms with Crippen molar-refractivity contribution in [2.75, 3.05) is 13.2 Å². The average molecular weight is 1310 g/mol. The molecular weight excluding hydrogens is 1230 g/mol. The molecule has 4 unspecified atom stereocenters. The quantitative estimate of drug-likeness (QED) is 0.0743. The summed E-state index contributed by atoms with van der Waals surface area (Å²) in [7, 11) is 0. The van der Waals surface area contributed by atoms with Crippen molar-refractivity contribution >= 4 is 57.8 Å². The zero-order valence-electron chi connectivity index (χ0n) is 47.9. The van der Waals surface area contributed by atoms with E-state index in [0.29, 0.717) is 29.5 Å². The Balaban J connectivity index is 0.000000200. The van der Waals surface area contributed by atoms with E-state index in [2.05, 4.69) is 67.4 Å². The van der Waals surface area contributed by atoms with E-state index < -0.39 is 86.3 Å². The van der Waals surface area contributed by atoms with Crippen molar-refractivity contribution in [3.63, 3.8) is 0 Å². The van der Waals surface area contributed by atoms with Gasteiger partial charge in [-0.1, -0.05) is 63.5 Å². The highest BCUT2D eigenvalue weighted by atomic mass is 127. The van der Waals surface area contributed by atoms with Crippen LogP contribution in [-0.4, -0.2) is 79.8 Å². The lowest BCUT2D eigenvalue weighted by atomic mass is 9.41. The number of pyridine rings is 2. The Morgan fingerprint density at radius 2 is 1.12 bits per heavy atom. The lowest BCUT2D eigenvalue weighted by molar-refractivity contribution is -0.257. The number of rotatable bonds is 8. The highest BCUT2D eigenvalue weighted by molar-refractivity contribution is 14.0. The minimum Gasteiger partial charge on any atom is -0.484 e. The molecule has 6 heterocycles. The first-order chi connectivity index (χ1) is 38.2. The molecule has 16 atom stereocenters. The number of hydrogen-bond acceptors (Lipinski definition) is 17. The molecule has 0 amide bonds. The van der Waals surface area contributed by atoms with Crippen molar-refractivity contribution in [2.45, 2.75) is 143 Å². The minimum atomic E-state index is -1.27. The van der Waals surface area contributed by atoms with Crippen molar-refractivity contribution in [3.05, 3.63) is 127 Å².